The molecular weight excluding hydrogens is 222 g/mol. The normalized spacial score (nSPS) is 11.0. The number of amides is 1. The Morgan fingerprint density at radius 1 is 1.22 bits per heavy atom. The molecule has 1 N–H and O–H groups in total. The molecule has 0 saturated carbocycles. The smallest absolute Gasteiger partial charge is 0.217 e. The number of carbonyl (C=O) groups excluding carboxylic acids is 1. The average molecular weight is 239 g/mol. The summed E-state index contributed by atoms with van der Waals surface area (Å²) in [6.07, 6.45) is 4.06. The van der Waals surface area contributed by atoms with Crippen LogP contribution in [0.5, 0.6) is 0 Å². The fourth-order valence-corrected chi connectivity index (χ4v) is 2.01. The van der Waals surface area contributed by atoms with Crippen molar-refractivity contribution in [2.45, 2.75) is 13.8 Å². The van der Waals surface area contributed by atoms with Crippen LogP contribution in [0.1, 0.15) is 18.1 Å². The van der Waals surface area contributed by atoms with Gasteiger partial charge in [0.2, 0.25) is 5.91 Å². The van der Waals surface area contributed by atoms with Gasteiger partial charge in [0, 0.05) is 13.5 Å². The van der Waals surface area contributed by atoms with Crippen LogP contribution in [0.4, 0.5) is 0 Å². The lowest BCUT2D eigenvalue weighted by molar-refractivity contribution is -0.118. The summed E-state index contributed by atoms with van der Waals surface area (Å²) in [6.45, 7) is 4.19. The van der Waals surface area contributed by atoms with E-state index in [-0.39, 0.29) is 5.91 Å². The summed E-state index contributed by atoms with van der Waals surface area (Å²) in [7, 11) is 0. The first kappa shape index (κ1) is 12.4. The van der Waals surface area contributed by atoms with Crippen LogP contribution >= 0.6 is 0 Å². The predicted octanol–water partition coefficient (Wildman–Crippen LogP) is 3.30. The van der Waals surface area contributed by atoms with Crippen LogP contribution < -0.4 is 5.32 Å². The number of rotatable bonds is 3. The third kappa shape index (κ3) is 2.77. The lowest BCUT2D eigenvalue weighted by Gasteiger charge is -2.06. The molecule has 0 unspecified atom stereocenters. The van der Waals surface area contributed by atoms with Crippen molar-refractivity contribution >= 4 is 22.8 Å². The van der Waals surface area contributed by atoms with Gasteiger partial charge in [-0.25, -0.2) is 0 Å². The van der Waals surface area contributed by atoms with Gasteiger partial charge >= 0.3 is 0 Å². The average Bonchev–Trinajstić information content (AvgIpc) is 2.36. The number of nitrogens with one attached hydrogen (secondary N) is 1. The summed E-state index contributed by atoms with van der Waals surface area (Å²) < 4.78 is 0. The van der Waals surface area contributed by atoms with Crippen LogP contribution in [-0.2, 0) is 4.79 Å². The predicted molar refractivity (Wildman–Crippen MR) is 76.4 cm³/mol. The zero-order valence-corrected chi connectivity index (χ0v) is 10.7. The Morgan fingerprint density at radius 3 is 2.78 bits per heavy atom. The molecule has 0 heterocycles. The maximum absolute atomic E-state index is 10.8. The molecule has 0 atom stereocenters. The Morgan fingerprint density at radius 2 is 2.00 bits per heavy atom. The second-order valence-corrected chi connectivity index (χ2v) is 4.36. The van der Waals surface area contributed by atoms with E-state index in [1.54, 1.807) is 0 Å². The van der Waals surface area contributed by atoms with Crippen LogP contribution in [-0.4, -0.2) is 12.5 Å². The zero-order chi connectivity index (χ0) is 13.0. The Balaban J connectivity index is 2.31. The molecule has 0 aromatic heterocycles. The molecule has 0 aliphatic rings. The van der Waals surface area contributed by atoms with Crippen LogP contribution in [0.15, 0.2) is 42.5 Å². The number of hydrogen-bond donors (Lipinski definition) is 1. The summed E-state index contributed by atoms with van der Waals surface area (Å²) in [6, 6.07) is 12.6. The largest absolute Gasteiger partial charge is 0.353 e. The third-order valence-corrected chi connectivity index (χ3v) is 2.94. The van der Waals surface area contributed by atoms with E-state index < -0.39 is 0 Å². The van der Waals surface area contributed by atoms with Crippen LogP contribution in [0, 0.1) is 6.92 Å². The topological polar surface area (TPSA) is 29.1 Å². The third-order valence-electron chi connectivity index (χ3n) is 2.94. The van der Waals surface area contributed by atoms with Crippen molar-refractivity contribution in [1.29, 1.82) is 0 Å². The van der Waals surface area contributed by atoms with Crippen molar-refractivity contribution in [3.8, 4) is 0 Å². The quantitative estimate of drug-likeness (QED) is 0.874. The lowest BCUT2D eigenvalue weighted by atomic mass is 9.99. The van der Waals surface area contributed by atoms with Gasteiger partial charge in [-0.15, -0.1) is 0 Å². The molecule has 1 amide bonds. The molecule has 0 bridgehead atoms. The van der Waals surface area contributed by atoms with E-state index in [2.05, 4.69) is 42.6 Å². The molecule has 92 valence electrons. The van der Waals surface area contributed by atoms with Crippen molar-refractivity contribution in [3.05, 3.63) is 53.6 Å². The van der Waals surface area contributed by atoms with E-state index in [0.29, 0.717) is 6.54 Å². The SMILES string of the molecule is CC(=O)NCC=Cc1c(C)ccc2ccccc12. The first-order valence-electron chi connectivity index (χ1n) is 6.08. The van der Waals surface area contributed by atoms with Crippen LogP contribution in [0.25, 0.3) is 16.8 Å². The van der Waals surface area contributed by atoms with Gasteiger partial charge in [-0.1, -0.05) is 48.6 Å². The molecular formula is C16H17NO. The van der Waals surface area contributed by atoms with Crippen molar-refractivity contribution in [1.82, 2.24) is 5.32 Å². The maximum atomic E-state index is 10.8. The highest BCUT2D eigenvalue weighted by molar-refractivity contribution is 5.91. The maximum Gasteiger partial charge on any atom is 0.217 e. The first-order valence-corrected chi connectivity index (χ1v) is 6.08. The molecule has 2 nitrogen and oxygen atoms in total. The Bertz CT molecular complexity index is 599. The van der Waals surface area contributed by atoms with Gasteiger partial charge in [0.15, 0.2) is 0 Å². The van der Waals surface area contributed by atoms with Gasteiger partial charge in [0.1, 0.15) is 0 Å². The highest BCUT2D eigenvalue weighted by Crippen LogP contribution is 2.23. The van der Waals surface area contributed by atoms with E-state index in [4.69, 9.17) is 0 Å². The van der Waals surface area contributed by atoms with E-state index in [1.165, 1.54) is 28.8 Å². The summed E-state index contributed by atoms with van der Waals surface area (Å²) >= 11 is 0. The van der Waals surface area contributed by atoms with E-state index in [9.17, 15) is 4.79 Å². The highest BCUT2D eigenvalue weighted by atomic mass is 16.1. The molecule has 2 heteroatoms. The van der Waals surface area contributed by atoms with Gasteiger partial charge in [0.05, 0.1) is 0 Å². The van der Waals surface area contributed by atoms with Gasteiger partial charge in [-0.05, 0) is 28.8 Å². The minimum Gasteiger partial charge on any atom is -0.353 e. The molecule has 2 aromatic rings. The highest BCUT2D eigenvalue weighted by Gasteiger charge is 2.00. The van der Waals surface area contributed by atoms with Crippen LogP contribution in [0.2, 0.25) is 0 Å². The summed E-state index contributed by atoms with van der Waals surface area (Å²) in [4.78, 5) is 10.8. The molecule has 0 spiro atoms. The molecule has 0 aliphatic carbocycles. The van der Waals surface area contributed by atoms with Gasteiger partial charge in [-0.3, -0.25) is 4.79 Å². The molecule has 2 aromatic carbocycles. The molecule has 18 heavy (non-hydrogen) atoms. The Labute approximate surface area is 107 Å². The number of hydrogen-bond acceptors (Lipinski definition) is 1. The minimum atomic E-state index is -0.00529. The monoisotopic (exact) mass is 239 g/mol. The van der Waals surface area contributed by atoms with Gasteiger partial charge < -0.3 is 5.32 Å². The first-order chi connectivity index (χ1) is 8.68. The Hall–Kier alpha value is -2.09. The molecule has 0 saturated heterocycles. The number of fused-ring (bicyclic) bond motifs is 1. The summed E-state index contributed by atoms with van der Waals surface area (Å²) in [5.41, 5.74) is 2.46. The zero-order valence-electron chi connectivity index (χ0n) is 10.7. The standard InChI is InChI=1S/C16H17NO/c1-12-9-10-14-6-3-4-7-16(14)15(12)8-5-11-17-13(2)18/h3-10H,11H2,1-2H3,(H,17,18). The second-order valence-electron chi connectivity index (χ2n) is 4.36. The fraction of sp³-hybridized carbons (Fsp3) is 0.188. The minimum absolute atomic E-state index is 0.00529. The molecule has 2 rings (SSSR count). The lowest BCUT2D eigenvalue weighted by Crippen LogP contribution is -2.19. The summed E-state index contributed by atoms with van der Waals surface area (Å²) in [5, 5.41) is 5.24. The van der Waals surface area contributed by atoms with Crippen molar-refractivity contribution in [3.63, 3.8) is 0 Å². The van der Waals surface area contributed by atoms with Gasteiger partial charge in [0.25, 0.3) is 0 Å². The molecule has 0 radical (unpaired) electrons. The summed E-state index contributed by atoms with van der Waals surface area (Å²) in [5.74, 6) is -0.00529. The van der Waals surface area contributed by atoms with Gasteiger partial charge in [-0.2, -0.15) is 0 Å². The van der Waals surface area contributed by atoms with Crippen molar-refractivity contribution < 1.29 is 4.79 Å². The number of aryl methyl sites for hydroxylation is 1. The Kier molecular flexibility index (Phi) is 3.78. The number of benzene rings is 2. The van der Waals surface area contributed by atoms with E-state index in [0.717, 1.165) is 0 Å². The van der Waals surface area contributed by atoms with Crippen LogP contribution in [0.3, 0.4) is 0 Å². The van der Waals surface area contributed by atoms with Crippen molar-refractivity contribution in [2.75, 3.05) is 6.54 Å². The number of carbonyl (C=O) groups is 1. The molecule has 0 aliphatic heterocycles. The molecule has 0 fully saturated rings. The van der Waals surface area contributed by atoms with Crippen molar-refractivity contribution in [2.24, 2.45) is 0 Å². The van der Waals surface area contributed by atoms with E-state index in [1.807, 2.05) is 18.2 Å². The fourth-order valence-electron chi connectivity index (χ4n) is 2.01. The second kappa shape index (κ2) is 5.50. The van der Waals surface area contributed by atoms with E-state index >= 15 is 0 Å².